The van der Waals surface area contributed by atoms with Gasteiger partial charge in [0.15, 0.2) is 0 Å². The van der Waals surface area contributed by atoms with Gasteiger partial charge in [-0.15, -0.1) is 0 Å². The third-order valence-electron chi connectivity index (χ3n) is 4.77. The van der Waals surface area contributed by atoms with E-state index >= 15 is 0 Å². The van der Waals surface area contributed by atoms with Crippen molar-refractivity contribution in [3.05, 3.63) is 35.9 Å². The summed E-state index contributed by atoms with van der Waals surface area (Å²) in [5.74, 6) is -1.99. The molecule has 0 radical (unpaired) electrons. The average molecular weight is 398 g/mol. The van der Waals surface area contributed by atoms with Crippen molar-refractivity contribution in [2.24, 2.45) is 0 Å². The van der Waals surface area contributed by atoms with E-state index < -0.39 is 30.1 Å². The minimum absolute atomic E-state index is 0. The molecule has 8 heteroatoms. The van der Waals surface area contributed by atoms with Gasteiger partial charge in [0.1, 0.15) is 6.04 Å². The third-order valence-corrected chi connectivity index (χ3v) is 4.77. The number of carboxylic acids is 1. The fourth-order valence-corrected chi connectivity index (χ4v) is 3.37. The number of hydrogen-bond acceptors (Lipinski definition) is 6. The van der Waals surface area contributed by atoms with Gasteiger partial charge in [-0.05, 0) is 45.1 Å². The van der Waals surface area contributed by atoms with Crippen LogP contribution in [0.2, 0.25) is 0 Å². The smallest absolute Gasteiger partial charge is 0.548 e. The first kappa shape index (κ1) is 24.6. The molecule has 28 heavy (non-hydrogen) atoms. The van der Waals surface area contributed by atoms with E-state index in [-0.39, 0.29) is 42.1 Å². The van der Waals surface area contributed by atoms with E-state index in [0.717, 1.165) is 5.56 Å². The molecule has 0 bridgehead atoms. The van der Waals surface area contributed by atoms with Crippen molar-refractivity contribution >= 4 is 17.8 Å². The largest absolute Gasteiger partial charge is 1.00 e. The van der Waals surface area contributed by atoms with Crippen molar-refractivity contribution in [1.29, 1.82) is 0 Å². The Kier molecular flexibility index (Phi) is 10.7. The van der Waals surface area contributed by atoms with Crippen molar-refractivity contribution in [3.8, 4) is 0 Å². The van der Waals surface area contributed by atoms with Crippen molar-refractivity contribution in [2.45, 2.75) is 57.7 Å². The van der Waals surface area contributed by atoms with Gasteiger partial charge >= 0.3 is 35.5 Å². The Hall–Kier alpha value is -1.41. The van der Waals surface area contributed by atoms with E-state index in [1.807, 2.05) is 30.3 Å². The van der Waals surface area contributed by atoms with Gasteiger partial charge in [-0.3, -0.25) is 14.9 Å². The number of nitrogens with one attached hydrogen (secondary N) is 1. The summed E-state index contributed by atoms with van der Waals surface area (Å²) >= 11 is 0. The standard InChI is InChI=1S/C20H28N2O5.Na/c1-3-27-20(26)16(12-11-15-8-5-4-6-9-15)21-14(2)18(23)22-13-7-10-17(22)19(24)25;/h4-6,8-9,14,16-17,21H,3,7,10-13H2,1-2H3,(H,24,25);/q;+1/p-1/t14-,16-,17-;/m0./s1. The molecular formula is C20H27N2NaO5. The summed E-state index contributed by atoms with van der Waals surface area (Å²) in [6.07, 6.45) is 2.16. The Morgan fingerprint density at radius 2 is 1.96 bits per heavy atom. The zero-order valence-electron chi connectivity index (χ0n) is 16.8. The van der Waals surface area contributed by atoms with E-state index in [9.17, 15) is 19.5 Å². The molecule has 1 aliphatic heterocycles. The summed E-state index contributed by atoms with van der Waals surface area (Å²) in [4.78, 5) is 37.5. The van der Waals surface area contributed by atoms with Crippen LogP contribution in [-0.4, -0.2) is 54.0 Å². The number of hydrogen-bond donors (Lipinski definition) is 1. The van der Waals surface area contributed by atoms with Gasteiger partial charge in [0.25, 0.3) is 0 Å². The second-order valence-corrected chi connectivity index (χ2v) is 6.73. The number of aryl methyl sites for hydroxylation is 1. The number of benzene rings is 1. The van der Waals surface area contributed by atoms with Gasteiger partial charge in [0, 0.05) is 6.54 Å². The summed E-state index contributed by atoms with van der Waals surface area (Å²) in [5.41, 5.74) is 1.09. The number of likely N-dealkylation sites (tertiary alicyclic amines) is 1. The Balaban J connectivity index is 0.00000392. The maximum Gasteiger partial charge on any atom is 1.00 e. The van der Waals surface area contributed by atoms with Crippen LogP contribution in [0.25, 0.3) is 0 Å². The van der Waals surface area contributed by atoms with Crippen LogP contribution in [0.5, 0.6) is 0 Å². The summed E-state index contributed by atoms with van der Waals surface area (Å²) in [7, 11) is 0. The molecule has 0 saturated carbocycles. The van der Waals surface area contributed by atoms with Crippen molar-refractivity contribution in [2.75, 3.05) is 13.2 Å². The monoisotopic (exact) mass is 398 g/mol. The molecule has 1 heterocycles. The molecule has 148 valence electrons. The number of amides is 1. The second kappa shape index (κ2) is 12.2. The van der Waals surface area contributed by atoms with Gasteiger partial charge in [-0.25, -0.2) is 0 Å². The van der Waals surface area contributed by atoms with Crippen LogP contribution in [0.15, 0.2) is 30.3 Å². The van der Waals surface area contributed by atoms with Crippen LogP contribution < -0.4 is 40.0 Å². The van der Waals surface area contributed by atoms with E-state index in [2.05, 4.69) is 5.32 Å². The summed E-state index contributed by atoms with van der Waals surface area (Å²) in [5, 5.41) is 14.2. The second-order valence-electron chi connectivity index (χ2n) is 6.73. The van der Waals surface area contributed by atoms with Crippen LogP contribution in [0.1, 0.15) is 38.7 Å². The predicted molar refractivity (Wildman–Crippen MR) is 97.5 cm³/mol. The molecule has 1 aliphatic rings. The summed E-state index contributed by atoms with van der Waals surface area (Å²) in [6.45, 7) is 4.01. The van der Waals surface area contributed by atoms with Gasteiger partial charge < -0.3 is 19.5 Å². The zero-order chi connectivity index (χ0) is 19.8. The quantitative estimate of drug-likeness (QED) is 0.358. The molecule has 1 amide bonds. The van der Waals surface area contributed by atoms with Gasteiger partial charge in [-0.2, -0.15) is 0 Å². The van der Waals surface area contributed by atoms with Gasteiger partial charge in [-0.1, -0.05) is 30.3 Å². The first-order valence-electron chi connectivity index (χ1n) is 9.42. The fraction of sp³-hybridized carbons (Fsp3) is 0.550. The molecule has 1 N–H and O–H groups in total. The normalized spacial score (nSPS) is 18.1. The first-order valence-corrected chi connectivity index (χ1v) is 9.42. The molecule has 1 saturated heterocycles. The number of carbonyl (C=O) groups is 3. The number of nitrogens with zero attached hydrogens (tertiary/aromatic N) is 1. The molecule has 0 spiro atoms. The van der Waals surface area contributed by atoms with Crippen LogP contribution >= 0.6 is 0 Å². The van der Waals surface area contributed by atoms with Gasteiger partial charge in [0.2, 0.25) is 5.91 Å². The molecule has 0 aliphatic carbocycles. The molecule has 3 atom stereocenters. The number of esters is 1. The van der Waals surface area contributed by atoms with Crippen LogP contribution in [0.4, 0.5) is 0 Å². The van der Waals surface area contributed by atoms with Crippen molar-refractivity contribution in [3.63, 3.8) is 0 Å². The van der Waals surface area contributed by atoms with Crippen molar-refractivity contribution in [1.82, 2.24) is 10.2 Å². The maximum atomic E-state index is 12.7. The molecular weight excluding hydrogens is 371 g/mol. The van der Waals surface area contributed by atoms with Crippen LogP contribution in [-0.2, 0) is 25.5 Å². The fourth-order valence-electron chi connectivity index (χ4n) is 3.37. The summed E-state index contributed by atoms with van der Waals surface area (Å²) < 4.78 is 5.13. The number of rotatable bonds is 9. The molecule has 1 aromatic rings. The first-order chi connectivity index (χ1) is 12.9. The number of carbonyl (C=O) groups excluding carboxylic acids is 3. The number of aliphatic carboxylic acids is 1. The average Bonchev–Trinajstić information content (AvgIpc) is 3.15. The van der Waals surface area contributed by atoms with Crippen molar-refractivity contribution < 1.29 is 53.8 Å². The predicted octanol–water partition coefficient (Wildman–Crippen LogP) is -2.73. The SMILES string of the molecule is CCOC(=O)[C@H](CCc1ccccc1)N[C@@H](C)C(=O)N1CCC[C@H]1C(=O)[O-].[Na+]. The Morgan fingerprint density at radius 1 is 1.29 bits per heavy atom. The van der Waals surface area contributed by atoms with E-state index in [1.54, 1.807) is 13.8 Å². The molecule has 0 aromatic heterocycles. The molecule has 2 rings (SSSR count). The maximum absolute atomic E-state index is 12.7. The minimum Gasteiger partial charge on any atom is -0.548 e. The van der Waals surface area contributed by atoms with E-state index in [0.29, 0.717) is 32.2 Å². The molecule has 7 nitrogen and oxygen atoms in total. The Labute approximate surface area is 188 Å². The van der Waals surface area contributed by atoms with Crippen LogP contribution in [0, 0.1) is 0 Å². The Bertz CT molecular complexity index is 655. The number of ether oxygens (including phenoxy) is 1. The van der Waals surface area contributed by atoms with Gasteiger partial charge in [0.05, 0.1) is 24.7 Å². The van der Waals surface area contributed by atoms with E-state index in [1.165, 1.54) is 4.90 Å². The number of carboxylic acid groups (broad SMARTS) is 1. The third kappa shape index (κ3) is 6.88. The molecule has 0 unspecified atom stereocenters. The molecule has 1 fully saturated rings. The summed E-state index contributed by atoms with van der Waals surface area (Å²) in [6, 6.07) is 7.51. The zero-order valence-corrected chi connectivity index (χ0v) is 18.8. The van der Waals surface area contributed by atoms with Crippen LogP contribution in [0.3, 0.4) is 0 Å². The topological polar surface area (TPSA) is 98.8 Å². The van der Waals surface area contributed by atoms with E-state index in [4.69, 9.17) is 4.74 Å². The Morgan fingerprint density at radius 3 is 2.57 bits per heavy atom. The molecule has 1 aromatic carbocycles. The minimum atomic E-state index is -1.24.